The van der Waals surface area contributed by atoms with Gasteiger partial charge in [0.25, 0.3) is 5.91 Å². The minimum atomic E-state index is -2.28. The molecule has 1 aliphatic rings. The number of para-hydroxylation sites is 1. The summed E-state index contributed by atoms with van der Waals surface area (Å²) in [5, 5.41) is 16.4. The molecule has 1 unspecified atom stereocenters. The number of esters is 1. The van der Waals surface area contributed by atoms with Crippen molar-refractivity contribution in [3.63, 3.8) is 0 Å². The summed E-state index contributed by atoms with van der Waals surface area (Å²) in [5.41, 5.74) is -3.64. The van der Waals surface area contributed by atoms with E-state index in [-0.39, 0.29) is 11.3 Å². The SMILES string of the molecule is COC(=O)CCC([N+](=O)[O-])[C@]1(NC(=O)OC(C)(C)C)C(=O)Nc2c(F)cccc21. The van der Waals surface area contributed by atoms with Crippen LogP contribution in [0.5, 0.6) is 0 Å². The summed E-state index contributed by atoms with van der Waals surface area (Å²) in [6.45, 7) is 4.72. The Morgan fingerprint density at radius 2 is 2.03 bits per heavy atom. The molecule has 2 rings (SSSR count). The Kier molecular flexibility index (Phi) is 6.10. The van der Waals surface area contributed by atoms with Crippen molar-refractivity contribution >= 4 is 23.7 Å². The molecular formula is C18H22FN3O7. The molecule has 29 heavy (non-hydrogen) atoms. The molecule has 1 aromatic rings. The second kappa shape index (κ2) is 8.02. The molecule has 2 N–H and O–H groups in total. The van der Waals surface area contributed by atoms with E-state index in [2.05, 4.69) is 15.4 Å². The molecule has 1 aromatic carbocycles. The molecule has 2 amide bonds. The van der Waals surface area contributed by atoms with Crippen LogP contribution in [0.3, 0.4) is 0 Å². The monoisotopic (exact) mass is 411 g/mol. The van der Waals surface area contributed by atoms with Crippen molar-refractivity contribution in [1.82, 2.24) is 5.32 Å². The number of anilines is 1. The summed E-state index contributed by atoms with van der Waals surface area (Å²) in [5.74, 6) is -2.56. The van der Waals surface area contributed by atoms with Crippen molar-refractivity contribution in [2.75, 3.05) is 12.4 Å². The summed E-state index contributed by atoms with van der Waals surface area (Å²) < 4.78 is 23.9. The number of nitrogens with one attached hydrogen (secondary N) is 2. The second-order valence-corrected chi connectivity index (χ2v) is 7.47. The third kappa shape index (κ3) is 4.44. The van der Waals surface area contributed by atoms with Crippen molar-refractivity contribution in [3.8, 4) is 0 Å². The number of fused-ring (bicyclic) bond motifs is 1. The molecule has 0 aliphatic carbocycles. The first-order valence-electron chi connectivity index (χ1n) is 8.74. The number of methoxy groups -OCH3 is 1. The largest absolute Gasteiger partial charge is 0.469 e. The van der Waals surface area contributed by atoms with Crippen LogP contribution in [0.1, 0.15) is 39.2 Å². The van der Waals surface area contributed by atoms with E-state index < -0.39 is 58.7 Å². The van der Waals surface area contributed by atoms with Crippen molar-refractivity contribution in [1.29, 1.82) is 0 Å². The third-order valence-electron chi connectivity index (χ3n) is 4.34. The molecule has 0 spiro atoms. The predicted octanol–water partition coefficient (Wildman–Crippen LogP) is 2.10. The average Bonchev–Trinajstić information content (AvgIpc) is 2.87. The maximum Gasteiger partial charge on any atom is 0.408 e. The molecule has 158 valence electrons. The smallest absolute Gasteiger partial charge is 0.408 e. The van der Waals surface area contributed by atoms with E-state index in [0.29, 0.717) is 0 Å². The number of nitrogens with zero attached hydrogens (tertiary/aromatic N) is 1. The Hall–Kier alpha value is -3.24. The third-order valence-corrected chi connectivity index (χ3v) is 4.34. The zero-order valence-electron chi connectivity index (χ0n) is 16.4. The summed E-state index contributed by atoms with van der Waals surface area (Å²) in [4.78, 5) is 48.0. The van der Waals surface area contributed by atoms with Crippen LogP contribution in [-0.4, -0.2) is 41.6 Å². The second-order valence-electron chi connectivity index (χ2n) is 7.47. The molecule has 0 fully saturated rings. The van der Waals surface area contributed by atoms with Crippen LogP contribution in [0.25, 0.3) is 0 Å². The first kappa shape index (κ1) is 22.1. The van der Waals surface area contributed by atoms with Gasteiger partial charge in [-0.05, 0) is 26.8 Å². The van der Waals surface area contributed by atoms with Gasteiger partial charge in [0, 0.05) is 16.9 Å². The maximum atomic E-state index is 14.2. The van der Waals surface area contributed by atoms with Gasteiger partial charge in [-0.2, -0.15) is 0 Å². The van der Waals surface area contributed by atoms with E-state index in [1.54, 1.807) is 20.8 Å². The molecule has 0 bridgehead atoms. The van der Waals surface area contributed by atoms with Gasteiger partial charge in [0.2, 0.25) is 11.6 Å². The van der Waals surface area contributed by atoms with Gasteiger partial charge in [-0.15, -0.1) is 0 Å². The van der Waals surface area contributed by atoms with Gasteiger partial charge in [-0.25, -0.2) is 9.18 Å². The molecule has 2 atom stereocenters. The van der Waals surface area contributed by atoms with E-state index in [4.69, 9.17) is 4.74 Å². The Morgan fingerprint density at radius 3 is 2.59 bits per heavy atom. The lowest BCUT2D eigenvalue weighted by atomic mass is 9.81. The number of nitro groups is 1. The van der Waals surface area contributed by atoms with E-state index >= 15 is 0 Å². The molecule has 10 nitrogen and oxygen atoms in total. The topological polar surface area (TPSA) is 137 Å². The van der Waals surface area contributed by atoms with Gasteiger partial charge in [-0.1, -0.05) is 12.1 Å². The summed E-state index contributed by atoms with van der Waals surface area (Å²) in [6, 6.07) is 1.83. The van der Waals surface area contributed by atoms with Crippen LogP contribution in [0, 0.1) is 15.9 Å². The first-order chi connectivity index (χ1) is 13.4. The number of hydrogen-bond acceptors (Lipinski definition) is 7. The number of carbonyl (C=O) groups is 3. The molecule has 0 aromatic heterocycles. The Morgan fingerprint density at radius 1 is 1.38 bits per heavy atom. The van der Waals surface area contributed by atoms with Crippen LogP contribution in [0.2, 0.25) is 0 Å². The average molecular weight is 411 g/mol. The number of ether oxygens (including phenoxy) is 2. The van der Waals surface area contributed by atoms with Gasteiger partial charge in [0.15, 0.2) is 0 Å². The van der Waals surface area contributed by atoms with Crippen LogP contribution < -0.4 is 10.6 Å². The molecule has 1 heterocycles. The Balaban J connectivity index is 2.58. The highest BCUT2D eigenvalue weighted by Gasteiger charge is 2.60. The molecule has 1 aliphatic heterocycles. The number of alkyl carbamates (subject to hydrolysis) is 1. The minimum absolute atomic E-state index is 0.125. The lowest BCUT2D eigenvalue weighted by molar-refractivity contribution is -0.534. The number of amides is 2. The van der Waals surface area contributed by atoms with Gasteiger partial charge in [0.05, 0.1) is 19.2 Å². The highest BCUT2D eigenvalue weighted by atomic mass is 19.1. The zero-order chi connectivity index (χ0) is 22.0. The molecular weight excluding hydrogens is 389 g/mol. The highest BCUT2D eigenvalue weighted by molar-refractivity contribution is 6.08. The molecule has 0 radical (unpaired) electrons. The maximum absolute atomic E-state index is 14.2. The van der Waals surface area contributed by atoms with Crippen molar-refractivity contribution in [2.24, 2.45) is 0 Å². The van der Waals surface area contributed by atoms with Crippen molar-refractivity contribution < 1.29 is 33.2 Å². The number of benzene rings is 1. The Labute approximate surface area is 165 Å². The van der Waals surface area contributed by atoms with Gasteiger partial charge < -0.3 is 14.8 Å². The van der Waals surface area contributed by atoms with Gasteiger partial charge >= 0.3 is 12.1 Å². The van der Waals surface area contributed by atoms with Crippen LogP contribution in [-0.2, 0) is 24.6 Å². The van der Waals surface area contributed by atoms with Crippen molar-refractivity contribution in [3.05, 3.63) is 39.7 Å². The van der Waals surface area contributed by atoms with Gasteiger partial charge in [0.1, 0.15) is 11.4 Å². The Bertz CT molecular complexity index is 852. The fourth-order valence-electron chi connectivity index (χ4n) is 3.15. The molecule has 11 heteroatoms. The fourth-order valence-corrected chi connectivity index (χ4v) is 3.15. The summed E-state index contributed by atoms with van der Waals surface area (Å²) in [6.07, 6.45) is -1.94. The number of rotatable bonds is 6. The standard InChI is InChI=1S/C18H22FN3O7/c1-17(2,3)29-16(25)21-18(12(22(26)27)8-9-13(23)28-4)10-6-5-7-11(19)14(10)20-15(18)24/h5-7,12H,8-9H2,1-4H3,(H,20,24)(H,21,25)/t12?,18-/m0/s1. The van der Waals surface area contributed by atoms with Crippen molar-refractivity contribution in [2.45, 2.75) is 50.8 Å². The number of hydrogen-bond donors (Lipinski definition) is 2. The quantitative estimate of drug-likeness (QED) is 0.415. The predicted molar refractivity (Wildman–Crippen MR) is 98.1 cm³/mol. The first-order valence-corrected chi connectivity index (χ1v) is 8.74. The summed E-state index contributed by atoms with van der Waals surface area (Å²) >= 11 is 0. The molecule has 0 saturated carbocycles. The zero-order valence-corrected chi connectivity index (χ0v) is 16.4. The highest BCUT2D eigenvalue weighted by Crippen LogP contribution is 2.42. The van der Waals surface area contributed by atoms with Crippen LogP contribution in [0.4, 0.5) is 14.9 Å². The van der Waals surface area contributed by atoms with E-state index in [1.165, 1.54) is 12.1 Å². The normalized spacial score (nSPS) is 19.0. The van der Waals surface area contributed by atoms with Gasteiger partial charge in [-0.3, -0.25) is 25.0 Å². The van der Waals surface area contributed by atoms with Crippen LogP contribution >= 0.6 is 0 Å². The molecule has 0 saturated heterocycles. The summed E-state index contributed by atoms with van der Waals surface area (Å²) in [7, 11) is 1.12. The lowest BCUT2D eigenvalue weighted by Crippen LogP contribution is -2.61. The fraction of sp³-hybridized carbons (Fsp3) is 0.500. The van der Waals surface area contributed by atoms with E-state index in [1.807, 2.05) is 0 Å². The van der Waals surface area contributed by atoms with E-state index in [9.17, 15) is 28.9 Å². The number of halogens is 1. The lowest BCUT2D eigenvalue weighted by Gasteiger charge is -2.32. The minimum Gasteiger partial charge on any atom is -0.469 e. The van der Waals surface area contributed by atoms with Crippen LogP contribution in [0.15, 0.2) is 18.2 Å². The van der Waals surface area contributed by atoms with E-state index in [0.717, 1.165) is 13.2 Å². The number of carbonyl (C=O) groups excluding carboxylic acids is 3.